The summed E-state index contributed by atoms with van der Waals surface area (Å²) in [7, 11) is 0. The number of Topliss-reactive ketones (excluding diaryl/α,β-unsaturated/α-hetero) is 1. The van der Waals surface area contributed by atoms with Crippen molar-refractivity contribution in [2.24, 2.45) is 11.7 Å². The number of amidine groups is 1. The number of hydrogen-bond donors (Lipinski definition) is 3. The fourth-order valence-corrected chi connectivity index (χ4v) is 3.14. The van der Waals surface area contributed by atoms with Gasteiger partial charge in [-0.25, -0.2) is 0 Å². The molecule has 0 bridgehead atoms. The molecular formula is C19H19N3O3. The summed E-state index contributed by atoms with van der Waals surface area (Å²) in [5.41, 5.74) is 7.87. The average Bonchev–Trinajstić information content (AvgIpc) is 3.11. The van der Waals surface area contributed by atoms with E-state index in [1.165, 1.54) is 12.1 Å². The molecule has 0 amide bonds. The second-order valence-electron chi connectivity index (χ2n) is 6.15. The lowest BCUT2D eigenvalue weighted by Gasteiger charge is -2.21. The summed E-state index contributed by atoms with van der Waals surface area (Å²) in [6.07, 6.45) is 1.46. The van der Waals surface area contributed by atoms with Crippen molar-refractivity contribution in [1.29, 1.82) is 5.41 Å². The molecule has 1 fully saturated rings. The fraction of sp³-hybridized carbons (Fsp3) is 0.211. The van der Waals surface area contributed by atoms with Gasteiger partial charge in [0.15, 0.2) is 12.1 Å². The van der Waals surface area contributed by atoms with Crippen LogP contribution >= 0.6 is 0 Å². The first-order valence-corrected chi connectivity index (χ1v) is 8.01. The fourth-order valence-electron chi connectivity index (χ4n) is 3.14. The number of carbonyl (C=O) groups is 2. The Labute approximate surface area is 145 Å². The molecule has 0 spiro atoms. The summed E-state index contributed by atoms with van der Waals surface area (Å²) in [5, 5.41) is 16.9. The van der Waals surface area contributed by atoms with Gasteiger partial charge in [0.05, 0.1) is 0 Å². The van der Waals surface area contributed by atoms with Crippen LogP contribution in [0.15, 0.2) is 42.5 Å². The molecule has 1 unspecified atom stereocenters. The normalized spacial score (nSPS) is 16.6. The molecule has 2 aromatic carbocycles. The third-order valence-corrected chi connectivity index (χ3v) is 4.52. The van der Waals surface area contributed by atoms with E-state index in [1.54, 1.807) is 30.3 Å². The SMILES string of the molecule is N=C(N)c1ccc(C=O)c(N2CCC(C(=O)c3ccc(O)cc3)C2)c1. The van der Waals surface area contributed by atoms with Crippen LogP contribution in [0.3, 0.4) is 0 Å². The number of phenols is 1. The van der Waals surface area contributed by atoms with Crippen molar-refractivity contribution in [3.05, 3.63) is 59.2 Å². The summed E-state index contributed by atoms with van der Waals surface area (Å²) in [4.78, 5) is 25.9. The lowest BCUT2D eigenvalue weighted by Crippen LogP contribution is -2.24. The first-order chi connectivity index (χ1) is 12.0. The van der Waals surface area contributed by atoms with Crippen molar-refractivity contribution in [2.75, 3.05) is 18.0 Å². The third-order valence-electron chi connectivity index (χ3n) is 4.52. The number of nitrogens with zero attached hydrogens (tertiary/aromatic N) is 1. The number of phenolic OH excluding ortho intramolecular Hbond substituents is 1. The molecule has 1 saturated heterocycles. The largest absolute Gasteiger partial charge is 0.508 e. The minimum atomic E-state index is -0.176. The first-order valence-electron chi connectivity index (χ1n) is 8.01. The molecule has 0 radical (unpaired) electrons. The summed E-state index contributed by atoms with van der Waals surface area (Å²) >= 11 is 0. The Morgan fingerprint density at radius 3 is 2.52 bits per heavy atom. The van der Waals surface area contributed by atoms with E-state index >= 15 is 0 Å². The number of aldehydes is 1. The predicted molar refractivity (Wildman–Crippen MR) is 95.6 cm³/mol. The quantitative estimate of drug-likeness (QED) is 0.335. The summed E-state index contributed by atoms with van der Waals surface area (Å²) in [6, 6.07) is 11.3. The highest BCUT2D eigenvalue weighted by Crippen LogP contribution is 2.29. The van der Waals surface area contributed by atoms with Crippen LogP contribution < -0.4 is 10.6 Å². The highest BCUT2D eigenvalue weighted by molar-refractivity contribution is 6.00. The highest BCUT2D eigenvalue weighted by Gasteiger charge is 2.30. The minimum Gasteiger partial charge on any atom is -0.508 e. The van der Waals surface area contributed by atoms with Gasteiger partial charge in [-0.15, -0.1) is 0 Å². The third kappa shape index (κ3) is 3.38. The molecule has 25 heavy (non-hydrogen) atoms. The molecule has 1 heterocycles. The molecule has 6 heteroatoms. The number of nitrogen functional groups attached to an aromatic ring is 1. The van der Waals surface area contributed by atoms with Crippen LogP contribution in [0.5, 0.6) is 5.75 Å². The first kappa shape index (κ1) is 16.7. The van der Waals surface area contributed by atoms with Gasteiger partial charge in [0.2, 0.25) is 0 Å². The van der Waals surface area contributed by atoms with Crippen LogP contribution in [0.2, 0.25) is 0 Å². The average molecular weight is 337 g/mol. The number of carbonyl (C=O) groups excluding carboxylic acids is 2. The molecule has 0 aliphatic carbocycles. The van der Waals surface area contributed by atoms with Crippen LogP contribution in [0, 0.1) is 11.3 Å². The lowest BCUT2D eigenvalue weighted by molar-refractivity contribution is 0.0931. The van der Waals surface area contributed by atoms with Gasteiger partial charge in [-0.2, -0.15) is 0 Å². The van der Waals surface area contributed by atoms with Crippen molar-refractivity contribution in [1.82, 2.24) is 0 Å². The van der Waals surface area contributed by atoms with Gasteiger partial charge in [-0.05, 0) is 42.8 Å². The van der Waals surface area contributed by atoms with E-state index in [1.807, 2.05) is 4.90 Å². The molecule has 4 N–H and O–H groups in total. The topological polar surface area (TPSA) is 107 Å². The number of anilines is 1. The van der Waals surface area contributed by atoms with E-state index in [0.717, 1.165) is 6.29 Å². The highest BCUT2D eigenvalue weighted by atomic mass is 16.3. The number of nitrogens with two attached hydrogens (primary N) is 1. The zero-order chi connectivity index (χ0) is 18.0. The van der Waals surface area contributed by atoms with Crippen molar-refractivity contribution >= 4 is 23.6 Å². The molecule has 1 atom stereocenters. The second kappa shape index (κ2) is 6.76. The number of benzene rings is 2. The minimum absolute atomic E-state index is 0.0258. The van der Waals surface area contributed by atoms with Crippen molar-refractivity contribution in [3.63, 3.8) is 0 Å². The monoisotopic (exact) mass is 337 g/mol. The van der Waals surface area contributed by atoms with Gasteiger partial charge >= 0.3 is 0 Å². The van der Waals surface area contributed by atoms with Crippen molar-refractivity contribution in [2.45, 2.75) is 6.42 Å². The molecule has 2 aromatic rings. The number of nitrogens with one attached hydrogen (secondary N) is 1. The lowest BCUT2D eigenvalue weighted by atomic mass is 9.97. The van der Waals surface area contributed by atoms with Gasteiger partial charge in [-0.3, -0.25) is 15.0 Å². The Bertz CT molecular complexity index is 830. The summed E-state index contributed by atoms with van der Waals surface area (Å²) < 4.78 is 0. The van der Waals surface area contributed by atoms with Gasteiger partial charge < -0.3 is 15.7 Å². The molecule has 6 nitrogen and oxygen atoms in total. The number of hydrogen-bond acceptors (Lipinski definition) is 5. The van der Waals surface area contributed by atoms with E-state index in [2.05, 4.69) is 0 Å². The van der Waals surface area contributed by atoms with Crippen molar-refractivity contribution < 1.29 is 14.7 Å². The van der Waals surface area contributed by atoms with Gasteiger partial charge in [0.25, 0.3) is 0 Å². The van der Waals surface area contributed by atoms with E-state index < -0.39 is 0 Å². The zero-order valence-electron chi connectivity index (χ0n) is 13.6. The number of rotatable bonds is 5. The maximum atomic E-state index is 12.6. The van der Waals surface area contributed by atoms with E-state index in [-0.39, 0.29) is 23.3 Å². The Morgan fingerprint density at radius 1 is 1.20 bits per heavy atom. The molecule has 1 aliphatic heterocycles. The molecular weight excluding hydrogens is 318 g/mol. The van der Waals surface area contributed by atoms with Gasteiger partial charge in [0, 0.05) is 41.4 Å². The van der Waals surface area contributed by atoms with E-state index in [9.17, 15) is 14.7 Å². The number of aromatic hydroxyl groups is 1. The van der Waals surface area contributed by atoms with Gasteiger partial charge in [0.1, 0.15) is 11.6 Å². The van der Waals surface area contributed by atoms with E-state index in [0.29, 0.717) is 41.9 Å². The van der Waals surface area contributed by atoms with Crippen LogP contribution in [-0.2, 0) is 0 Å². The predicted octanol–water partition coefficient (Wildman–Crippen LogP) is 2.20. The van der Waals surface area contributed by atoms with Crippen LogP contribution in [-0.4, -0.2) is 36.1 Å². The Hall–Kier alpha value is -3.15. The molecule has 1 aliphatic rings. The molecule has 3 rings (SSSR count). The molecule has 128 valence electrons. The summed E-state index contributed by atoms with van der Waals surface area (Å²) in [6.45, 7) is 1.15. The van der Waals surface area contributed by atoms with E-state index in [4.69, 9.17) is 11.1 Å². The Morgan fingerprint density at radius 2 is 1.88 bits per heavy atom. The van der Waals surface area contributed by atoms with Gasteiger partial charge in [-0.1, -0.05) is 6.07 Å². The number of ketones is 1. The maximum absolute atomic E-state index is 12.6. The summed E-state index contributed by atoms with van der Waals surface area (Å²) in [5.74, 6) is -0.0845. The Kier molecular flexibility index (Phi) is 4.52. The van der Waals surface area contributed by atoms with Crippen LogP contribution in [0.1, 0.15) is 32.7 Å². The molecule has 0 saturated carbocycles. The zero-order valence-corrected chi connectivity index (χ0v) is 13.6. The van der Waals surface area contributed by atoms with Crippen molar-refractivity contribution in [3.8, 4) is 5.75 Å². The maximum Gasteiger partial charge on any atom is 0.167 e. The van der Waals surface area contributed by atoms with Crippen LogP contribution in [0.4, 0.5) is 5.69 Å². The second-order valence-corrected chi connectivity index (χ2v) is 6.15. The molecule has 0 aromatic heterocycles. The Balaban J connectivity index is 1.82. The standard InChI is InChI=1S/C19H19N3O3/c20-19(21)13-1-2-15(11-23)17(9-13)22-8-7-14(10-22)18(25)12-3-5-16(24)6-4-12/h1-6,9,11,14,24H,7-8,10H2,(H3,20,21). The smallest absolute Gasteiger partial charge is 0.167 e. The van der Waals surface area contributed by atoms with Crippen LogP contribution in [0.25, 0.3) is 0 Å².